The standard InChI is InChI=1S/C24H27FN4O2/c1-4-20-24(30)26-11-12-28(20)14-18-15-29(21-8-6-5-7-16(21)2)27-23(18)17-9-10-22(31-3)19(25)13-17/h5-10,13,15,20H,4,11-12,14H2,1-3H3,(H,26,30). The molecule has 1 unspecified atom stereocenters. The van der Waals surface area contributed by atoms with Gasteiger partial charge in [-0.05, 0) is 43.2 Å². The number of carbonyl (C=O) groups is 1. The summed E-state index contributed by atoms with van der Waals surface area (Å²) in [5.74, 6) is -0.181. The smallest absolute Gasteiger partial charge is 0.237 e. The zero-order valence-corrected chi connectivity index (χ0v) is 18.1. The Balaban J connectivity index is 1.78. The number of amides is 1. The van der Waals surface area contributed by atoms with Crippen LogP contribution in [0.3, 0.4) is 0 Å². The quantitative estimate of drug-likeness (QED) is 0.658. The Bertz CT molecular complexity index is 1090. The van der Waals surface area contributed by atoms with Crippen LogP contribution in [-0.4, -0.2) is 46.8 Å². The fourth-order valence-corrected chi connectivity index (χ4v) is 4.14. The van der Waals surface area contributed by atoms with Crippen molar-refractivity contribution in [1.29, 1.82) is 0 Å². The number of ether oxygens (including phenoxy) is 1. The van der Waals surface area contributed by atoms with E-state index in [1.54, 1.807) is 6.07 Å². The normalized spacial score (nSPS) is 16.9. The zero-order valence-electron chi connectivity index (χ0n) is 18.1. The van der Waals surface area contributed by atoms with Gasteiger partial charge in [0.05, 0.1) is 24.5 Å². The van der Waals surface area contributed by atoms with Crippen molar-refractivity contribution in [2.75, 3.05) is 20.2 Å². The molecule has 1 atom stereocenters. The third kappa shape index (κ3) is 4.18. The molecule has 4 rings (SSSR count). The van der Waals surface area contributed by atoms with Crippen molar-refractivity contribution in [2.24, 2.45) is 0 Å². The summed E-state index contributed by atoms with van der Waals surface area (Å²) in [5.41, 5.74) is 4.38. The molecule has 7 heteroatoms. The summed E-state index contributed by atoms with van der Waals surface area (Å²) in [5, 5.41) is 7.76. The number of para-hydroxylation sites is 1. The van der Waals surface area contributed by atoms with Crippen molar-refractivity contribution in [3.8, 4) is 22.7 Å². The number of aromatic nitrogens is 2. The number of nitrogens with zero attached hydrogens (tertiary/aromatic N) is 3. The van der Waals surface area contributed by atoms with Crippen LogP contribution in [0.25, 0.3) is 16.9 Å². The minimum absolute atomic E-state index is 0.0529. The maximum Gasteiger partial charge on any atom is 0.237 e. The number of hydrogen-bond acceptors (Lipinski definition) is 4. The molecule has 0 radical (unpaired) electrons. The highest BCUT2D eigenvalue weighted by Crippen LogP contribution is 2.30. The molecule has 6 nitrogen and oxygen atoms in total. The molecule has 1 aromatic heterocycles. The Morgan fingerprint density at radius 1 is 1.26 bits per heavy atom. The summed E-state index contributed by atoms with van der Waals surface area (Å²) < 4.78 is 21.4. The van der Waals surface area contributed by atoms with E-state index in [2.05, 4.69) is 10.2 Å². The Morgan fingerprint density at radius 3 is 2.77 bits per heavy atom. The zero-order chi connectivity index (χ0) is 22.0. The van der Waals surface area contributed by atoms with E-state index in [-0.39, 0.29) is 17.7 Å². The fraction of sp³-hybridized carbons (Fsp3) is 0.333. The van der Waals surface area contributed by atoms with Crippen molar-refractivity contribution < 1.29 is 13.9 Å². The first-order valence-corrected chi connectivity index (χ1v) is 10.5. The number of hydrogen-bond donors (Lipinski definition) is 1. The highest BCUT2D eigenvalue weighted by Gasteiger charge is 2.29. The molecular formula is C24H27FN4O2. The van der Waals surface area contributed by atoms with Gasteiger partial charge in [0.2, 0.25) is 5.91 Å². The molecule has 0 bridgehead atoms. The van der Waals surface area contributed by atoms with Crippen LogP contribution in [0.4, 0.5) is 4.39 Å². The van der Waals surface area contributed by atoms with Crippen molar-refractivity contribution in [3.63, 3.8) is 0 Å². The van der Waals surface area contributed by atoms with Crippen LogP contribution in [0.2, 0.25) is 0 Å². The van der Waals surface area contributed by atoms with Crippen LogP contribution in [-0.2, 0) is 11.3 Å². The minimum atomic E-state index is -0.430. The van der Waals surface area contributed by atoms with E-state index >= 15 is 0 Å². The largest absolute Gasteiger partial charge is 0.494 e. The number of carbonyl (C=O) groups excluding carboxylic acids is 1. The van der Waals surface area contributed by atoms with Gasteiger partial charge in [0.1, 0.15) is 0 Å². The molecule has 1 fully saturated rings. The predicted octanol–water partition coefficient (Wildman–Crippen LogP) is 3.71. The molecule has 1 aliphatic heterocycles. The molecule has 0 aliphatic carbocycles. The molecule has 1 amide bonds. The highest BCUT2D eigenvalue weighted by molar-refractivity contribution is 5.82. The van der Waals surface area contributed by atoms with E-state index in [4.69, 9.17) is 9.84 Å². The van der Waals surface area contributed by atoms with E-state index in [9.17, 15) is 9.18 Å². The summed E-state index contributed by atoms with van der Waals surface area (Å²) >= 11 is 0. The Labute approximate surface area is 181 Å². The monoisotopic (exact) mass is 422 g/mol. The molecule has 1 saturated heterocycles. The van der Waals surface area contributed by atoms with Crippen LogP contribution in [0.1, 0.15) is 24.5 Å². The fourth-order valence-electron chi connectivity index (χ4n) is 4.14. The summed E-state index contributed by atoms with van der Waals surface area (Å²) in [6.45, 7) is 5.98. The second-order valence-electron chi connectivity index (χ2n) is 7.77. The lowest BCUT2D eigenvalue weighted by Gasteiger charge is -2.34. The lowest BCUT2D eigenvalue weighted by Crippen LogP contribution is -2.54. The maximum absolute atomic E-state index is 14.5. The number of nitrogens with one attached hydrogen (secondary N) is 1. The molecule has 2 aromatic carbocycles. The molecule has 2 heterocycles. The first kappa shape index (κ1) is 21.1. The van der Waals surface area contributed by atoms with E-state index < -0.39 is 5.82 Å². The van der Waals surface area contributed by atoms with Crippen molar-refractivity contribution in [1.82, 2.24) is 20.0 Å². The van der Waals surface area contributed by atoms with Gasteiger partial charge in [-0.1, -0.05) is 25.1 Å². The van der Waals surface area contributed by atoms with Gasteiger partial charge in [0, 0.05) is 37.0 Å². The Morgan fingerprint density at radius 2 is 2.06 bits per heavy atom. The van der Waals surface area contributed by atoms with Gasteiger partial charge in [-0.15, -0.1) is 0 Å². The topological polar surface area (TPSA) is 59.4 Å². The first-order valence-electron chi connectivity index (χ1n) is 10.5. The van der Waals surface area contributed by atoms with E-state index in [1.807, 2.05) is 55.1 Å². The number of rotatable bonds is 6. The number of benzene rings is 2. The second-order valence-corrected chi connectivity index (χ2v) is 7.77. The second kappa shape index (κ2) is 8.89. The van der Waals surface area contributed by atoms with Crippen LogP contribution >= 0.6 is 0 Å². The van der Waals surface area contributed by atoms with Gasteiger partial charge in [-0.3, -0.25) is 9.69 Å². The third-order valence-corrected chi connectivity index (χ3v) is 5.78. The number of halogens is 1. The van der Waals surface area contributed by atoms with Crippen molar-refractivity contribution in [3.05, 3.63) is 65.6 Å². The van der Waals surface area contributed by atoms with Crippen LogP contribution in [0, 0.1) is 12.7 Å². The lowest BCUT2D eigenvalue weighted by atomic mass is 10.0. The number of aryl methyl sites for hydroxylation is 1. The van der Waals surface area contributed by atoms with Crippen LogP contribution in [0.5, 0.6) is 5.75 Å². The van der Waals surface area contributed by atoms with Gasteiger partial charge in [-0.2, -0.15) is 5.10 Å². The molecule has 1 aliphatic rings. The lowest BCUT2D eigenvalue weighted by molar-refractivity contribution is -0.129. The number of methoxy groups -OCH3 is 1. The van der Waals surface area contributed by atoms with Gasteiger partial charge in [0.15, 0.2) is 11.6 Å². The Hall–Kier alpha value is -3.19. The molecule has 1 N–H and O–H groups in total. The van der Waals surface area contributed by atoms with Gasteiger partial charge < -0.3 is 10.1 Å². The summed E-state index contributed by atoms with van der Waals surface area (Å²) in [6, 6.07) is 12.7. The Kier molecular flexibility index (Phi) is 6.04. The average Bonchev–Trinajstić information content (AvgIpc) is 3.17. The van der Waals surface area contributed by atoms with Gasteiger partial charge in [-0.25, -0.2) is 9.07 Å². The highest BCUT2D eigenvalue weighted by atomic mass is 19.1. The molecule has 3 aromatic rings. The molecular weight excluding hydrogens is 395 g/mol. The number of piperazine rings is 1. The summed E-state index contributed by atoms with van der Waals surface area (Å²) in [4.78, 5) is 14.5. The first-order chi connectivity index (χ1) is 15.0. The summed E-state index contributed by atoms with van der Waals surface area (Å²) in [6.07, 6.45) is 2.71. The van der Waals surface area contributed by atoms with E-state index in [0.29, 0.717) is 24.3 Å². The predicted molar refractivity (Wildman–Crippen MR) is 118 cm³/mol. The molecule has 31 heavy (non-hydrogen) atoms. The van der Waals surface area contributed by atoms with Crippen LogP contribution in [0.15, 0.2) is 48.7 Å². The van der Waals surface area contributed by atoms with Gasteiger partial charge >= 0.3 is 0 Å². The third-order valence-electron chi connectivity index (χ3n) is 5.78. The molecule has 0 saturated carbocycles. The SMILES string of the molecule is CCC1C(=O)NCCN1Cc1cn(-c2ccccc2C)nc1-c1ccc(OC)c(F)c1. The van der Waals surface area contributed by atoms with Gasteiger partial charge in [0.25, 0.3) is 0 Å². The van der Waals surface area contributed by atoms with Crippen molar-refractivity contribution >= 4 is 5.91 Å². The van der Waals surface area contributed by atoms with Crippen molar-refractivity contribution in [2.45, 2.75) is 32.9 Å². The summed E-state index contributed by atoms with van der Waals surface area (Å²) in [7, 11) is 1.45. The minimum Gasteiger partial charge on any atom is -0.494 e. The average molecular weight is 423 g/mol. The van der Waals surface area contributed by atoms with Crippen LogP contribution < -0.4 is 10.1 Å². The molecule has 0 spiro atoms. The van der Waals surface area contributed by atoms with E-state index in [1.165, 1.54) is 13.2 Å². The maximum atomic E-state index is 14.5. The van der Waals surface area contributed by atoms with E-state index in [0.717, 1.165) is 29.8 Å². The molecule has 162 valence electrons.